The van der Waals surface area contributed by atoms with E-state index in [0.717, 1.165) is 56.8 Å². The average Bonchev–Trinajstić information content (AvgIpc) is 2.94. The largest absolute Gasteiger partial charge is 0.416 e. The van der Waals surface area contributed by atoms with Gasteiger partial charge >= 0.3 is 6.18 Å². The summed E-state index contributed by atoms with van der Waals surface area (Å²) in [4.78, 5) is 17.9. The van der Waals surface area contributed by atoms with Crippen LogP contribution in [0.5, 0.6) is 0 Å². The Morgan fingerprint density at radius 2 is 1.56 bits per heavy atom. The summed E-state index contributed by atoms with van der Waals surface area (Å²) in [7, 11) is 0. The Kier molecular flexibility index (Phi) is 7.98. The third kappa shape index (κ3) is 6.30. The van der Waals surface area contributed by atoms with Crippen LogP contribution in [0.3, 0.4) is 0 Å². The maximum Gasteiger partial charge on any atom is 0.416 e. The standard InChI is InChI=1S/C32H36F3N3O/c1-24-14-16-31(17-15-24,38-20-18-37(19-21-38)29-8-3-2-4-9-29)27-6-5-7-28(23-27)36-30(39)22-25-10-12-26(13-11-25)32(33,34)35/h2-13,23-24H,14-22H2,1H3,(H,36,39). The second-order valence-electron chi connectivity index (χ2n) is 11.0. The number of piperazine rings is 1. The first-order valence-corrected chi connectivity index (χ1v) is 13.8. The van der Waals surface area contributed by atoms with E-state index in [1.165, 1.54) is 36.2 Å². The molecule has 0 aromatic heterocycles. The van der Waals surface area contributed by atoms with Crippen LogP contribution in [0.2, 0.25) is 0 Å². The number of halogens is 3. The first-order chi connectivity index (χ1) is 18.7. The molecule has 1 amide bonds. The fourth-order valence-corrected chi connectivity index (χ4v) is 6.15. The number of carbonyl (C=O) groups is 1. The molecule has 5 rings (SSSR count). The van der Waals surface area contributed by atoms with E-state index in [9.17, 15) is 18.0 Å². The van der Waals surface area contributed by atoms with Gasteiger partial charge in [-0.25, -0.2) is 0 Å². The zero-order valence-corrected chi connectivity index (χ0v) is 22.4. The minimum atomic E-state index is -4.39. The van der Waals surface area contributed by atoms with Gasteiger partial charge in [-0.15, -0.1) is 0 Å². The van der Waals surface area contributed by atoms with Crippen molar-refractivity contribution in [3.8, 4) is 0 Å². The molecule has 1 saturated carbocycles. The van der Waals surface area contributed by atoms with Gasteiger partial charge in [0, 0.05) is 43.1 Å². The molecule has 1 N–H and O–H groups in total. The number of anilines is 2. The van der Waals surface area contributed by atoms with Crippen molar-refractivity contribution in [3.05, 3.63) is 95.6 Å². The lowest BCUT2D eigenvalue weighted by Crippen LogP contribution is -2.56. The van der Waals surface area contributed by atoms with Crippen LogP contribution in [0.4, 0.5) is 24.5 Å². The topological polar surface area (TPSA) is 35.6 Å². The van der Waals surface area contributed by atoms with Gasteiger partial charge in [-0.2, -0.15) is 13.2 Å². The third-order valence-electron chi connectivity index (χ3n) is 8.44. The molecule has 2 fully saturated rings. The molecule has 0 radical (unpaired) electrons. The number of nitrogens with one attached hydrogen (secondary N) is 1. The van der Waals surface area contributed by atoms with E-state index in [2.05, 4.69) is 58.4 Å². The first kappa shape index (κ1) is 27.3. The minimum Gasteiger partial charge on any atom is -0.369 e. The number of carbonyl (C=O) groups excluding carboxylic acids is 1. The van der Waals surface area contributed by atoms with Crippen molar-refractivity contribution in [3.63, 3.8) is 0 Å². The molecule has 4 nitrogen and oxygen atoms in total. The van der Waals surface area contributed by atoms with E-state index < -0.39 is 11.7 Å². The summed E-state index contributed by atoms with van der Waals surface area (Å²) < 4.78 is 38.6. The highest BCUT2D eigenvalue weighted by Crippen LogP contribution is 2.45. The molecule has 0 spiro atoms. The average molecular weight is 536 g/mol. The summed E-state index contributed by atoms with van der Waals surface area (Å²) in [6.45, 7) is 6.24. The normalized spacial score (nSPS) is 22.5. The van der Waals surface area contributed by atoms with Crippen LogP contribution in [0.1, 0.15) is 49.3 Å². The molecule has 1 heterocycles. The molecule has 1 aliphatic heterocycles. The van der Waals surface area contributed by atoms with Crippen molar-refractivity contribution >= 4 is 17.3 Å². The second-order valence-corrected chi connectivity index (χ2v) is 11.0. The van der Waals surface area contributed by atoms with Gasteiger partial charge in [0.15, 0.2) is 0 Å². The predicted molar refractivity (Wildman–Crippen MR) is 150 cm³/mol. The van der Waals surface area contributed by atoms with Crippen LogP contribution >= 0.6 is 0 Å². The Hall–Kier alpha value is -3.32. The molecule has 206 valence electrons. The summed E-state index contributed by atoms with van der Waals surface area (Å²) in [5.74, 6) is 0.463. The van der Waals surface area contributed by atoms with Crippen molar-refractivity contribution in [2.75, 3.05) is 36.4 Å². The lowest BCUT2D eigenvalue weighted by molar-refractivity contribution is -0.137. The number of nitrogens with zero attached hydrogens (tertiary/aromatic N) is 2. The number of hydrogen-bond acceptors (Lipinski definition) is 3. The van der Waals surface area contributed by atoms with Crippen LogP contribution < -0.4 is 10.2 Å². The van der Waals surface area contributed by atoms with Gasteiger partial charge in [0.2, 0.25) is 5.91 Å². The van der Waals surface area contributed by atoms with Gasteiger partial charge in [-0.05, 0) is 79.1 Å². The Balaban J connectivity index is 1.30. The van der Waals surface area contributed by atoms with Crippen molar-refractivity contribution in [2.45, 2.75) is 50.7 Å². The van der Waals surface area contributed by atoms with Crippen molar-refractivity contribution < 1.29 is 18.0 Å². The number of hydrogen-bond donors (Lipinski definition) is 1. The van der Waals surface area contributed by atoms with E-state index >= 15 is 0 Å². The van der Waals surface area contributed by atoms with Crippen LogP contribution in [0, 0.1) is 5.92 Å². The minimum absolute atomic E-state index is 0.0203. The molecule has 0 atom stereocenters. The number of alkyl halides is 3. The predicted octanol–water partition coefficient (Wildman–Crippen LogP) is 7.11. The molecule has 1 saturated heterocycles. The van der Waals surface area contributed by atoms with Gasteiger partial charge in [-0.1, -0.05) is 49.4 Å². The highest BCUT2D eigenvalue weighted by atomic mass is 19.4. The highest BCUT2D eigenvalue weighted by Gasteiger charge is 2.42. The molecule has 0 unspecified atom stereocenters. The number of para-hydroxylation sites is 1. The van der Waals surface area contributed by atoms with Crippen LogP contribution in [-0.4, -0.2) is 37.0 Å². The van der Waals surface area contributed by atoms with E-state index in [1.54, 1.807) is 0 Å². The van der Waals surface area contributed by atoms with E-state index in [4.69, 9.17) is 0 Å². The monoisotopic (exact) mass is 535 g/mol. The smallest absolute Gasteiger partial charge is 0.369 e. The Morgan fingerprint density at radius 3 is 2.21 bits per heavy atom. The molecule has 1 aliphatic carbocycles. The number of benzene rings is 3. The van der Waals surface area contributed by atoms with Gasteiger partial charge in [0.05, 0.1) is 12.0 Å². The van der Waals surface area contributed by atoms with Crippen LogP contribution in [0.25, 0.3) is 0 Å². The molecule has 7 heteroatoms. The van der Waals surface area contributed by atoms with Crippen molar-refractivity contribution in [1.82, 2.24) is 4.90 Å². The molecule has 3 aromatic rings. The zero-order chi connectivity index (χ0) is 27.5. The van der Waals surface area contributed by atoms with Gasteiger partial charge in [0.25, 0.3) is 0 Å². The number of rotatable bonds is 6. The molecular formula is C32H36F3N3O. The summed E-state index contributed by atoms with van der Waals surface area (Å²) >= 11 is 0. The summed E-state index contributed by atoms with van der Waals surface area (Å²) in [6.07, 6.45) is 0.145. The maximum absolute atomic E-state index is 12.9. The first-order valence-electron chi connectivity index (χ1n) is 13.8. The van der Waals surface area contributed by atoms with E-state index in [0.29, 0.717) is 11.5 Å². The Bertz CT molecular complexity index is 1240. The van der Waals surface area contributed by atoms with Crippen molar-refractivity contribution in [1.29, 1.82) is 0 Å². The third-order valence-corrected chi connectivity index (χ3v) is 8.44. The Morgan fingerprint density at radius 1 is 0.897 bits per heavy atom. The number of amides is 1. The molecule has 2 aliphatic rings. The summed E-state index contributed by atoms with van der Waals surface area (Å²) in [5.41, 5.74) is 2.99. The van der Waals surface area contributed by atoms with E-state index in [1.807, 2.05) is 18.2 Å². The van der Waals surface area contributed by atoms with Crippen molar-refractivity contribution in [2.24, 2.45) is 5.92 Å². The maximum atomic E-state index is 12.9. The zero-order valence-electron chi connectivity index (χ0n) is 22.4. The van der Waals surface area contributed by atoms with Gasteiger partial charge in [-0.3, -0.25) is 9.69 Å². The van der Waals surface area contributed by atoms with Gasteiger partial charge < -0.3 is 10.2 Å². The summed E-state index contributed by atoms with van der Waals surface area (Å²) in [5, 5.41) is 2.98. The molecule has 0 bridgehead atoms. The fourth-order valence-electron chi connectivity index (χ4n) is 6.15. The highest BCUT2D eigenvalue weighted by molar-refractivity contribution is 5.92. The lowest BCUT2D eigenvalue weighted by Gasteiger charge is -2.51. The van der Waals surface area contributed by atoms with E-state index in [-0.39, 0.29) is 17.9 Å². The summed E-state index contributed by atoms with van der Waals surface area (Å²) in [6, 6.07) is 23.5. The quantitative estimate of drug-likeness (QED) is 0.365. The Labute approximate surface area is 228 Å². The molecular weight excluding hydrogens is 499 g/mol. The lowest BCUT2D eigenvalue weighted by atomic mass is 9.71. The fraction of sp³-hybridized carbons (Fsp3) is 0.406. The second kappa shape index (κ2) is 11.4. The van der Waals surface area contributed by atoms with Crippen LogP contribution in [0.15, 0.2) is 78.9 Å². The molecule has 39 heavy (non-hydrogen) atoms. The SMILES string of the molecule is CC1CCC(c2cccc(NC(=O)Cc3ccc(C(F)(F)F)cc3)c2)(N2CCN(c3ccccc3)CC2)CC1. The van der Waals surface area contributed by atoms with Crippen LogP contribution in [-0.2, 0) is 22.9 Å². The van der Waals surface area contributed by atoms with Gasteiger partial charge in [0.1, 0.15) is 0 Å². The molecule has 3 aromatic carbocycles.